The van der Waals surface area contributed by atoms with Crippen molar-refractivity contribution in [2.45, 2.75) is 36.8 Å². The maximum absolute atomic E-state index is 11.6. The third kappa shape index (κ3) is 3.11. The molecule has 1 unspecified atom stereocenters. The molecule has 0 amide bonds. The summed E-state index contributed by atoms with van der Waals surface area (Å²) in [7, 11) is -1.35. The molecule has 1 fully saturated rings. The summed E-state index contributed by atoms with van der Waals surface area (Å²) in [4.78, 5) is 0. The van der Waals surface area contributed by atoms with Crippen LogP contribution in [-0.4, -0.2) is 36.9 Å². The standard InChI is InChI=1S/C8H16ClNO2S/c1-7(9)5-6-10(2)13(11,12)8-3-4-8/h7-8H,3-6H2,1-2H3. The number of rotatable bonds is 5. The lowest BCUT2D eigenvalue weighted by Crippen LogP contribution is -2.31. The molecule has 0 spiro atoms. The summed E-state index contributed by atoms with van der Waals surface area (Å²) in [6.07, 6.45) is 2.36. The van der Waals surface area contributed by atoms with Crippen molar-refractivity contribution in [3.8, 4) is 0 Å². The van der Waals surface area contributed by atoms with E-state index >= 15 is 0 Å². The van der Waals surface area contributed by atoms with Crippen LogP contribution in [0, 0.1) is 0 Å². The largest absolute Gasteiger partial charge is 0.216 e. The zero-order chi connectivity index (χ0) is 10.1. The van der Waals surface area contributed by atoms with Gasteiger partial charge >= 0.3 is 0 Å². The van der Waals surface area contributed by atoms with E-state index < -0.39 is 10.0 Å². The highest BCUT2D eigenvalue weighted by molar-refractivity contribution is 7.90. The van der Waals surface area contributed by atoms with Gasteiger partial charge < -0.3 is 0 Å². The molecule has 0 aromatic rings. The molecule has 0 saturated heterocycles. The summed E-state index contributed by atoms with van der Waals surface area (Å²) in [6, 6.07) is 0. The van der Waals surface area contributed by atoms with Crippen LogP contribution in [0.2, 0.25) is 0 Å². The van der Waals surface area contributed by atoms with Crippen molar-refractivity contribution in [3.05, 3.63) is 0 Å². The molecule has 0 N–H and O–H groups in total. The minimum absolute atomic E-state index is 0.0388. The summed E-state index contributed by atoms with van der Waals surface area (Å²) >= 11 is 5.75. The quantitative estimate of drug-likeness (QED) is 0.664. The van der Waals surface area contributed by atoms with E-state index in [1.807, 2.05) is 6.92 Å². The second-order valence-corrected chi connectivity index (χ2v) is 6.70. The van der Waals surface area contributed by atoms with Gasteiger partial charge in [-0.1, -0.05) is 0 Å². The van der Waals surface area contributed by atoms with Gasteiger partial charge in [-0.2, -0.15) is 0 Å². The molecule has 3 nitrogen and oxygen atoms in total. The number of halogens is 1. The van der Waals surface area contributed by atoms with E-state index in [2.05, 4.69) is 0 Å². The molecule has 5 heteroatoms. The van der Waals surface area contributed by atoms with Gasteiger partial charge in [0.2, 0.25) is 10.0 Å². The normalized spacial score (nSPS) is 20.6. The predicted octanol–water partition coefficient (Wildman–Crippen LogP) is 1.43. The fourth-order valence-electron chi connectivity index (χ4n) is 1.11. The first-order chi connectivity index (χ1) is 5.94. The van der Waals surface area contributed by atoms with Crippen LogP contribution in [0.1, 0.15) is 26.2 Å². The molecule has 0 radical (unpaired) electrons. The highest BCUT2D eigenvalue weighted by Gasteiger charge is 2.38. The van der Waals surface area contributed by atoms with E-state index in [9.17, 15) is 8.42 Å². The molecule has 13 heavy (non-hydrogen) atoms. The van der Waals surface area contributed by atoms with E-state index in [1.165, 1.54) is 4.31 Å². The highest BCUT2D eigenvalue weighted by atomic mass is 35.5. The van der Waals surface area contributed by atoms with Crippen molar-refractivity contribution in [1.82, 2.24) is 4.31 Å². The Morgan fingerprint density at radius 3 is 2.46 bits per heavy atom. The Morgan fingerprint density at radius 1 is 1.54 bits per heavy atom. The number of alkyl halides is 1. The van der Waals surface area contributed by atoms with Gasteiger partial charge in [0.15, 0.2) is 0 Å². The molecule has 1 saturated carbocycles. The van der Waals surface area contributed by atoms with Gasteiger partial charge in [-0.05, 0) is 26.2 Å². The fraction of sp³-hybridized carbons (Fsp3) is 1.00. The molecule has 0 bridgehead atoms. The lowest BCUT2D eigenvalue weighted by Gasteiger charge is -2.17. The van der Waals surface area contributed by atoms with E-state index in [0.29, 0.717) is 13.0 Å². The van der Waals surface area contributed by atoms with Gasteiger partial charge in [-0.3, -0.25) is 0 Å². The van der Waals surface area contributed by atoms with E-state index in [0.717, 1.165) is 12.8 Å². The summed E-state index contributed by atoms with van der Waals surface area (Å²) in [6.45, 7) is 2.41. The van der Waals surface area contributed by atoms with E-state index in [-0.39, 0.29) is 10.6 Å². The molecule has 0 aliphatic heterocycles. The molecule has 1 aliphatic carbocycles. The van der Waals surface area contributed by atoms with E-state index in [4.69, 9.17) is 11.6 Å². The van der Waals surface area contributed by atoms with E-state index in [1.54, 1.807) is 7.05 Å². The minimum Gasteiger partial charge on any atom is -0.212 e. The number of hydrogen-bond acceptors (Lipinski definition) is 2. The highest BCUT2D eigenvalue weighted by Crippen LogP contribution is 2.30. The second kappa shape index (κ2) is 4.15. The van der Waals surface area contributed by atoms with Crippen molar-refractivity contribution in [1.29, 1.82) is 0 Å². The van der Waals surface area contributed by atoms with Crippen LogP contribution in [0.15, 0.2) is 0 Å². The topological polar surface area (TPSA) is 37.4 Å². The summed E-state index contributed by atoms with van der Waals surface area (Å²) in [5, 5.41) is -0.0695. The molecule has 78 valence electrons. The smallest absolute Gasteiger partial charge is 0.212 e. The van der Waals surface area contributed by atoms with Crippen LogP contribution in [0.4, 0.5) is 0 Å². The van der Waals surface area contributed by atoms with Gasteiger partial charge in [0.05, 0.1) is 5.25 Å². The van der Waals surface area contributed by atoms with Crippen molar-refractivity contribution in [2.24, 2.45) is 0 Å². The van der Waals surface area contributed by atoms with Gasteiger partial charge in [0.25, 0.3) is 0 Å². The molecule has 0 heterocycles. The SMILES string of the molecule is CC(Cl)CCN(C)S(=O)(=O)C1CC1. The van der Waals surface area contributed by atoms with Crippen LogP contribution >= 0.6 is 11.6 Å². The Hall–Kier alpha value is 0.200. The Bertz CT molecular complexity index is 259. The zero-order valence-electron chi connectivity index (χ0n) is 8.03. The Labute approximate surface area is 85.1 Å². The van der Waals surface area contributed by atoms with Crippen LogP contribution in [-0.2, 0) is 10.0 Å². The van der Waals surface area contributed by atoms with Crippen molar-refractivity contribution >= 4 is 21.6 Å². The van der Waals surface area contributed by atoms with Gasteiger partial charge in [0, 0.05) is 19.0 Å². The number of nitrogens with zero attached hydrogens (tertiary/aromatic N) is 1. The zero-order valence-corrected chi connectivity index (χ0v) is 9.61. The van der Waals surface area contributed by atoms with Gasteiger partial charge in [-0.15, -0.1) is 11.6 Å². The minimum atomic E-state index is -2.99. The molecule has 1 aliphatic rings. The maximum Gasteiger partial charge on any atom is 0.216 e. The third-order valence-electron chi connectivity index (χ3n) is 2.22. The summed E-state index contributed by atoms with van der Waals surface area (Å²) in [5.41, 5.74) is 0. The van der Waals surface area contributed by atoms with Gasteiger partial charge in [-0.25, -0.2) is 12.7 Å². The van der Waals surface area contributed by atoms with Crippen molar-refractivity contribution in [3.63, 3.8) is 0 Å². The lowest BCUT2D eigenvalue weighted by atomic mass is 10.3. The third-order valence-corrected chi connectivity index (χ3v) is 4.81. The summed E-state index contributed by atoms with van der Waals surface area (Å²) in [5.74, 6) is 0. The van der Waals surface area contributed by atoms with Crippen LogP contribution in [0.5, 0.6) is 0 Å². The first kappa shape index (κ1) is 11.3. The van der Waals surface area contributed by atoms with Crippen LogP contribution in [0.3, 0.4) is 0 Å². The maximum atomic E-state index is 11.6. The molecule has 1 atom stereocenters. The first-order valence-electron chi connectivity index (χ1n) is 4.54. The predicted molar refractivity (Wildman–Crippen MR) is 54.5 cm³/mol. The van der Waals surface area contributed by atoms with Crippen molar-refractivity contribution < 1.29 is 8.42 Å². The lowest BCUT2D eigenvalue weighted by molar-refractivity contribution is 0.459. The molecular formula is C8H16ClNO2S. The Morgan fingerprint density at radius 2 is 2.08 bits per heavy atom. The van der Waals surface area contributed by atoms with Crippen LogP contribution in [0.25, 0.3) is 0 Å². The van der Waals surface area contributed by atoms with Crippen LogP contribution < -0.4 is 0 Å². The van der Waals surface area contributed by atoms with Crippen molar-refractivity contribution in [2.75, 3.05) is 13.6 Å². The second-order valence-electron chi connectivity index (χ2n) is 3.64. The molecule has 0 aromatic carbocycles. The Kier molecular flexibility index (Phi) is 3.60. The fourth-order valence-corrected chi connectivity index (χ4v) is 2.81. The average Bonchev–Trinajstić information content (AvgIpc) is 2.81. The molecule has 0 aromatic heterocycles. The van der Waals surface area contributed by atoms with Gasteiger partial charge in [0.1, 0.15) is 0 Å². The first-order valence-corrected chi connectivity index (χ1v) is 6.48. The summed E-state index contributed by atoms with van der Waals surface area (Å²) < 4.78 is 24.6. The Balaban J connectivity index is 2.42. The number of hydrogen-bond donors (Lipinski definition) is 0. The molecular weight excluding hydrogens is 210 g/mol. The average molecular weight is 226 g/mol. The molecule has 1 rings (SSSR count). The number of sulfonamides is 1. The monoisotopic (exact) mass is 225 g/mol.